The third kappa shape index (κ3) is 4.35. The number of rotatable bonds is 5. The smallest absolute Gasteiger partial charge is 0.227 e. The minimum absolute atomic E-state index is 0.710. The number of piperazine rings is 1. The first-order valence-electron chi connectivity index (χ1n) is 10.1. The molecule has 2 aliphatic heterocycles. The van der Waals surface area contributed by atoms with Crippen LogP contribution < -0.4 is 15.1 Å². The van der Waals surface area contributed by atoms with Gasteiger partial charge in [-0.2, -0.15) is 4.98 Å². The van der Waals surface area contributed by atoms with Crippen LogP contribution in [0.3, 0.4) is 0 Å². The molecule has 2 saturated heterocycles. The number of anilines is 4. The van der Waals surface area contributed by atoms with E-state index >= 15 is 0 Å². The quantitative estimate of drug-likeness (QED) is 0.805. The van der Waals surface area contributed by atoms with Crippen LogP contribution in [0.25, 0.3) is 0 Å². The van der Waals surface area contributed by atoms with Crippen molar-refractivity contribution in [1.82, 2.24) is 14.9 Å². The van der Waals surface area contributed by atoms with Gasteiger partial charge in [0.1, 0.15) is 5.82 Å². The molecule has 1 N–H and O–H groups in total. The van der Waals surface area contributed by atoms with Crippen molar-refractivity contribution in [3.63, 3.8) is 0 Å². The maximum absolute atomic E-state index is 10.9. The van der Waals surface area contributed by atoms with Crippen LogP contribution in [-0.2, 0) is 4.79 Å². The summed E-state index contributed by atoms with van der Waals surface area (Å²) in [7, 11) is 0. The lowest BCUT2D eigenvalue weighted by Crippen LogP contribution is -2.46. The van der Waals surface area contributed by atoms with E-state index in [0.717, 1.165) is 55.7 Å². The Morgan fingerprint density at radius 2 is 1.61 bits per heavy atom. The number of benzene rings is 1. The highest BCUT2D eigenvalue weighted by atomic mass is 16.1. The summed E-state index contributed by atoms with van der Waals surface area (Å²) in [6, 6.07) is 10.6. The normalized spacial score (nSPS) is 17.5. The van der Waals surface area contributed by atoms with Crippen LogP contribution >= 0.6 is 0 Å². The summed E-state index contributed by atoms with van der Waals surface area (Å²) in [5.74, 6) is 1.52. The van der Waals surface area contributed by atoms with E-state index in [-0.39, 0.29) is 0 Å². The average Bonchev–Trinajstić information content (AvgIpc) is 2.74. The van der Waals surface area contributed by atoms with E-state index in [1.165, 1.54) is 24.9 Å². The second kappa shape index (κ2) is 8.46. The Morgan fingerprint density at radius 1 is 0.893 bits per heavy atom. The van der Waals surface area contributed by atoms with Crippen LogP contribution in [0.4, 0.5) is 23.1 Å². The van der Waals surface area contributed by atoms with Crippen LogP contribution in [0.2, 0.25) is 0 Å². The predicted octanol–water partition coefficient (Wildman–Crippen LogP) is 2.80. The molecule has 0 spiro atoms. The molecule has 28 heavy (non-hydrogen) atoms. The Bertz CT molecular complexity index is 795. The lowest BCUT2D eigenvalue weighted by Gasteiger charge is -2.32. The zero-order valence-electron chi connectivity index (χ0n) is 16.5. The Hall–Kier alpha value is -2.83. The number of aryl methyl sites for hydroxylation is 1. The van der Waals surface area contributed by atoms with Crippen molar-refractivity contribution in [3.8, 4) is 0 Å². The topological polar surface area (TPSA) is 64.6 Å². The summed E-state index contributed by atoms with van der Waals surface area (Å²) in [5, 5.41) is 3.41. The Kier molecular flexibility index (Phi) is 5.60. The van der Waals surface area contributed by atoms with Crippen LogP contribution in [0.15, 0.2) is 30.3 Å². The van der Waals surface area contributed by atoms with Gasteiger partial charge in [0.2, 0.25) is 12.4 Å². The van der Waals surface area contributed by atoms with Gasteiger partial charge >= 0.3 is 0 Å². The highest BCUT2D eigenvalue weighted by Gasteiger charge is 2.18. The average molecular weight is 380 g/mol. The van der Waals surface area contributed by atoms with Crippen LogP contribution in [-0.4, -0.2) is 60.5 Å². The lowest BCUT2D eigenvalue weighted by atomic mass is 10.1. The molecule has 0 radical (unpaired) electrons. The van der Waals surface area contributed by atoms with E-state index in [1.54, 1.807) is 4.90 Å². The number of nitrogens with zero attached hydrogens (tertiary/aromatic N) is 5. The predicted molar refractivity (Wildman–Crippen MR) is 112 cm³/mol. The fourth-order valence-corrected chi connectivity index (χ4v) is 3.84. The molecular formula is C21H28N6O. The summed E-state index contributed by atoms with van der Waals surface area (Å²) < 4.78 is 0. The summed E-state index contributed by atoms with van der Waals surface area (Å²) in [6.45, 7) is 7.22. The monoisotopic (exact) mass is 380 g/mol. The molecule has 4 rings (SSSR count). The highest BCUT2D eigenvalue weighted by molar-refractivity contribution is 5.62. The molecule has 2 fully saturated rings. The minimum Gasteiger partial charge on any atom is -0.372 e. The van der Waals surface area contributed by atoms with Crippen molar-refractivity contribution in [2.24, 2.45) is 0 Å². The molecule has 1 amide bonds. The molecule has 2 aliphatic rings. The molecule has 1 aromatic heterocycles. The Morgan fingerprint density at radius 3 is 2.29 bits per heavy atom. The van der Waals surface area contributed by atoms with Crippen molar-refractivity contribution in [1.29, 1.82) is 0 Å². The first-order valence-corrected chi connectivity index (χ1v) is 10.1. The Balaban J connectivity index is 1.44. The number of carbonyl (C=O) groups is 1. The van der Waals surface area contributed by atoms with Gasteiger partial charge in [0.05, 0.1) is 0 Å². The molecule has 0 aliphatic carbocycles. The number of hydrogen-bond acceptors (Lipinski definition) is 6. The number of hydrogen-bond donors (Lipinski definition) is 1. The highest BCUT2D eigenvalue weighted by Crippen LogP contribution is 2.24. The summed E-state index contributed by atoms with van der Waals surface area (Å²) in [4.78, 5) is 26.6. The van der Waals surface area contributed by atoms with Crippen LogP contribution in [0.1, 0.15) is 25.0 Å². The van der Waals surface area contributed by atoms with E-state index in [2.05, 4.69) is 44.4 Å². The first-order chi connectivity index (χ1) is 13.7. The number of piperidine rings is 1. The van der Waals surface area contributed by atoms with Gasteiger partial charge in [-0.05, 0) is 50.5 Å². The van der Waals surface area contributed by atoms with Crippen molar-refractivity contribution < 1.29 is 4.79 Å². The van der Waals surface area contributed by atoms with Crippen LogP contribution in [0.5, 0.6) is 0 Å². The Labute approximate surface area is 166 Å². The number of aromatic nitrogens is 2. The zero-order valence-corrected chi connectivity index (χ0v) is 16.5. The fourth-order valence-electron chi connectivity index (χ4n) is 3.84. The molecular weight excluding hydrogens is 352 g/mol. The number of amides is 1. The molecule has 148 valence electrons. The van der Waals surface area contributed by atoms with Gasteiger partial charge in [0, 0.05) is 62.4 Å². The molecule has 0 unspecified atom stereocenters. The van der Waals surface area contributed by atoms with Crippen molar-refractivity contribution >= 4 is 29.6 Å². The second-order valence-corrected chi connectivity index (χ2v) is 7.54. The van der Waals surface area contributed by atoms with Crippen molar-refractivity contribution in [2.45, 2.75) is 26.2 Å². The maximum Gasteiger partial charge on any atom is 0.227 e. The van der Waals surface area contributed by atoms with Crippen LogP contribution in [0, 0.1) is 6.92 Å². The standard InChI is InChI=1S/C21H28N6O/c1-17-15-20(24-21(22-17)27-13-11-25(16-28)12-14-27)23-18-5-7-19(8-6-18)26-9-3-2-4-10-26/h5-8,15-16H,2-4,9-14H2,1H3,(H,22,23,24). The van der Waals surface area contributed by atoms with E-state index in [0.29, 0.717) is 13.1 Å². The minimum atomic E-state index is 0.710. The summed E-state index contributed by atoms with van der Waals surface area (Å²) in [5.41, 5.74) is 3.24. The van der Waals surface area contributed by atoms with Crippen molar-refractivity contribution in [2.75, 3.05) is 54.4 Å². The van der Waals surface area contributed by atoms with Gasteiger partial charge in [-0.15, -0.1) is 0 Å². The molecule has 1 aromatic carbocycles. The van der Waals surface area contributed by atoms with Crippen molar-refractivity contribution in [3.05, 3.63) is 36.0 Å². The van der Waals surface area contributed by atoms with Gasteiger partial charge in [-0.25, -0.2) is 4.98 Å². The molecule has 0 saturated carbocycles. The van der Waals surface area contributed by atoms with E-state index in [4.69, 9.17) is 4.98 Å². The zero-order chi connectivity index (χ0) is 19.3. The van der Waals surface area contributed by atoms with E-state index in [1.807, 2.05) is 13.0 Å². The molecule has 2 aromatic rings. The molecule has 0 bridgehead atoms. The fraction of sp³-hybridized carbons (Fsp3) is 0.476. The molecule has 3 heterocycles. The van der Waals surface area contributed by atoms with E-state index < -0.39 is 0 Å². The number of nitrogens with one attached hydrogen (secondary N) is 1. The molecule has 7 heteroatoms. The number of carbonyl (C=O) groups excluding carboxylic acids is 1. The lowest BCUT2D eigenvalue weighted by molar-refractivity contribution is -0.118. The molecule has 7 nitrogen and oxygen atoms in total. The third-order valence-corrected chi connectivity index (χ3v) is 5.45. The summed E-state index contributed by atoms with van der Waals surface area (Å²) >= 11 is 0. The van der Waals surface area contributed by atoms with Gasteiger partial charge in [0.15, 0.2) is 0 Å². The van der Waals surface area contributed by atoms with E-state index in [9.17, 15) is 4.79 Å². The SMILES string of the molecule is Cc1cc(Nc2ccc(N3CCCCC3)cc2)nc(N2CCN(C=O)CC2)n1. The van der Waals surface area contributed by atoms with Gasteiger partial charge in [-0.1, -0.05) is 0 Å². The summed E-state index contributed by atoms with van der Waals surface area (Å²) in [6.07, 6.45) is 4.82. The first kappa shape index (κ1) is 18.5. The van der Waals surface area contributed by atoms with Gasteiger partial charge < -0.3 is 20.0 Å². The van der Waals surface area contributed by atoms with Gasteiger partial charge in [0.25, 0.3) is 0 Å². The third-order valence-electron chi connectivity index (χ3n) is 5.45. The van der Waals surface area contributed by atoms with Gasteiger partial charge in [-0.3, -0.25) is 4.79 Å². The largest absolute Gasteiger partial charge is 0.372 e. The second-order valence-electron chi connectivity index (χ2n) is 7.54. The maximum atomic E-state index is 10.9. The molecule has 0 atom stereocenters.